The Kier molecular flexibility index (Phi) is 4.35. The number of nitrogens with one attached hydrogen (secondary N) is 1. The van der Waals surface area contributed by atoms with Gasteiger partial charge in [-0.3, -0.25) is 0 Å². The summed E-state index contributed by atoms with van der Waals surface area (Å²) in [6.45, 7) is 4.82. The average molecular weight is 201 g/mol. The quantitative estimate of drug-likeness (QED) is 0.704. The van der Waals surface area contributed by atoms with Crippen LogP contribution in [0.5, 0.6) is 0 Å². The smallest absolute Gasteiger partial charge is 0.0771 e. The number of aliphatic hydroxyl groups is 1. The molecule has 0 radical (unpaired) electrons. The molecule has 2 atom stereocenters. The molecule has 1 rings (SSSR count). The van der Waals surface area contributed by atoms with Crippen molar-refractivity contribution in [3.63, 3.8) is 0 Å². The molecule has 1 fully saturated rings. The second-order valence-corrected chi connectivity index (χ2v) is 4.54. The van der Waals surface area contributed by atoms with Crippen molar-refractivity contribution in [2.24, 2.45) is 0 Å². The summed E-state index contributed by atoms with van der Waals surface area (Å²) in [5.41, 5.74) is -0.457. The molecule has 2 N–H and O–H groups in total. The van der Waals surface area contributed by atoms with Gasteiger partial charge in [0, 0.05) is 19.7 Å². The van der Waals surface area contributed by atoms with Crippen LogP contribution in [0.15, 0.2) is 0 Å². The molecule has 0 bridgehead atoms. The van der Waals surface area contributed by atoms with E-state index in [1.165, 1.54) is 0 Å². The second-order valence-electron chi connectivity index (χ2n) is 4.54. The number of hydrogen-bond donors (Lipinski definition) is 2. The van der Waals surface area contributed by atoms with Crippen LogP contribution in [0.1, 0.15) is 39.5 Å². The molecule has 14 heavy (non-hydrogen) atoms. The minimum Gasteiger partial charge on any atom is -0.389 e. The molecule has 0 aromatic rings. The van der Waals surface area contributed by atoms with Gasteiger partial charge in [-0.2, -0.15) is 0 Å². The highest BCUT2D eigenvalue weighted by atomic mass is 16.5. The van der Waals surface area contributed by atoms with E-state index in [1.54, 1.807) is 7.11 Å². The van der Waals surface area contributed by atoms with Crippen LogP contribution in [0.25, 0.3) is 0 Å². The Morgan fingerprint density at radius 1 is 1.36 bits per heavy atom. The third kappa shape index (κ3) is 3.23. The van der Waals surface area contributed by atoms with Crippen molar-refractivity contribution in [3.8, 4) is 0 Å². The molecule has 1 saturated carbocycles. The van der Waals surface area contributed by atoms with Gasteiger partial charge in [0.05, 0.1) is 11.7 Å². The van der Waals surface area contributed by atoms with E-state index in [0.717, 1.165) is 25.7 Å². The average Bonchev–Trinajstić information content (AvgIpc) is 2.61. The summed E-state index contributed by atoms with van der Waals surface area (Å²) in [7, 11) is 1.72. The lowest BCUT2D eigenvalue weighted by Crippen LogP contribution is -2.45. The number of hydrogen-bond acceptors (Lipinski definition) is 3. The van der Waals surface area contributed by atoms with Crippen LogP contribution < -0.4 is 5.32 Å². The molecule has 0 saturated heterocycles. The Morgan fingerprint density at radius 3 is 2.43 bits per heavy atom. The lowest BCUT2D eigenvalue weighted by molar-refractivity contribution is 0.0323. The topological polar surface area (TPSA) is 41.5 Å². The van der Waals surface area contributed by atoms with Crippen molar-refractivity contribution in [1.29, 1.82) is 0 Å². The van der Waals surface area contributed by atoms with Crippen molar-refractivity contribution < 1.29 is 9.84 Å². The summed E-state index contributed by atoms with van der Waals surface area (Å²) in [4.78, 5) is 0. The van der Waals surface area contributed by atoms with Gasteiger partial charge >= 0.3 is 0 Å². The first-order valence-corrected chi connectivity index (χ1v) is 5.56. The first-order valence-electron chi connectivity index (χ1n) is 5.56. The molecule has 84 valence electrons. The minimum atomic E-state index is -0.457. The van der Waals surface area contributed by atoms with Gasteiger partial charge in [0.15, 0.2) is 0 Å². The van der Waals surface area contributed by atoms with Gasteiger partial charge in [0.25, 0.3) is 0 Å². The van der Waals surface area contributed by atoms with E-state index in [1.807, 2.05) is 6.92 Å². The Balaban J connectivity index is 2.25. The highest BCUT2D eigenvalue weighted by molar-refractivity contribution is 4.87. The zero-order valence-corrected chi connectivity index (χ0v) is 9.55. The standard InChI is InChI=1S/C11H23NO2/c1-9(10(2)14-3)12-8-11(13)6-4-5-7-11/h9-10,12-13H,4-8H2,1-3H3. The molecule has 1 aliphatic rings. The predicted octanol–water partition coefficient (Wildman–Crippen LogP) is 1.30. The van der Waals surface area contributed by atoms with Gasteiger partial charge in [0.1, 0.15) is 0 Å². The van der Waals surface area contributed by atoms with E-state index in [9.17, 15) is 5.11 Å². The van der Waals surface area contributed by atoms with Crippen LogP contribution in [-0.4, -0.2) is 36.5 Å². The van der Waals surface area contributed by atoms with E-state index < -0.39 is 5.60 Å². The molecule has 0 amide bonds. The first kappa shape index (κ1) is 12.0. The SMILES string of the molecule is COC(C)C(C)NCC1(O)CCCC1. The maximum atomic E-state index is 10.1. The highest BCUT2D eigenvalue weighted by Gasteiger charge is 2.31. The van der Waals surface area contributed by atoms with Gasteiger partial charge in [-0.15, -0.1) is 0 Å². The normalized spacial score (nSPS) is 24.9. The largest absolute Gasteiger partial charge is 0.389 e. The molecule has 0 aromatic heterocycles. The summed E-state index contributed by atoms with van der Waals surface area (Å²) in [6.07, 6.45) is 4.39. The van der Waals surface area contributed by atoms with Gasteiger partial charge in [-0.25, -0.2) is 0 Å². The van der Waals surface area contributed by atoms with Gasteiger partial charge in [-0.1, -0.05) is 12.8 Å². The first-order chi connectivity index (χ1) is 6.57. The molecule has 0 aliphatic heterocycles. The predicted molar refractivity (Wildman–Crippen MR) is 57.4 cm³/mol. The van der Waals surface area contributed by atoms with Crippen LogP contribution in [0.4, 0.5) is 0 Å². The minimum absolute atomic E-state index is 0.194. The fourth-order valence-corrected chi connectivity index (χ4v) is 1.93. The highest BCUT2D eigenvalue weighted by Crippen LogP contribution is 2.28. The molecule has 3 heteroatoms. The van der Waals surface area contributed by atoms with Crippen LogP contribution in [-0.2, 0) is 4.74 Å². The Labute approximate surface area is 86.8 Å². The van der Waals surface area contributed by atoms with E-state index in [2.05, 4.69) is 12.2 Å². The van der Waals surface area contributed by atoms with Gasteiger partial charge in [0.2, 0.25) is 0 Å². The zero-order chi connectivity index (χ0) is 10.6. The number of methoxy groups -OCH3 is 1. The summed E-state index contributed by atoms with van der Waals surface area (Å²) in [6, 6.07) is 0.296. The Bertz CT molecular complexity index is 167. The molecule has 3 nitrogen and oxygen atoms in total. The molecule has 0 aromatic carbocycles. The summed E-state index contributed by atoms with van der Waals surface area (Å²) >= 11 is 0. The maximum Gasteiger partial charge on any atom is 0.0771 e. The van der Waals surface area contributed by atoms with Crippen LogP contribution in [0.3, 0.4) is 0 Å². The van der Waals surface area contributed by atoms with Crippen LogP contribution in [0, 0.1) is 0 Å². The van der Waals surface area contributed by atoms with E-state index in [-0.39, 0.29) is 6.10 Å². The zero-order valence-electron chi connectivity index (χ0n) is 9.55. The molecular formula is C11H23NO2. The fraction of sp³-hybridized carbons (Fsp3) is 1.00. The van der Waals surface area contributed by atoms with E-state index in [0.29, 0.717) is 12.6 Å². The lowest BCUT2D eigenvalue weighted by Gasteiger charge is -2.27. The number of rotatable bonds is 5. The van der Waals surface area contributed by atoms with Crippen LogP contribution in [0.2, 0.25) is 0 Å². The summed E-state index contributed by atoms with van der Waals surface area (Å²) < 4.78 is 5.22. The maximum absolute atomic E-state index is 10.1. The molecular weight excluding hydrogens is 178 g/mol. The fourth-order valence-electron chi connectivity index (χ4n) is 1.93. The van der Waals surface area contributed by atoms with Crippen molar-refractivity contribution >= 4 is 0 Å². The van der Waals surface area contributed by atoms with Crippen molar-refractivity contribution in [2.45, 2.75) is 57.3 Å². The third-order valence-electron chi connectivity index (χ3n) is 3.36. The van der Waals surface area contributed by atoms with E-state index in [4.69, 9.17) is 4.74 Å². The lowest BCUT2D eigenvalue weighted by atomic mass is 10.0. The van der Waals surface area contributed by atoms with Gasteiger partial charge < -0.3 is 15.2 Å². The Hall–Kier alpha value is -0.120. The van der Waals surface area contributed by atoms with Crippen molar-refractivity contribution in [3.05, 3.63) is 0 Å². The van der Waals surface area contributed by atoms with Crippen molar-refractivity contribution in [2.75, 3.05) is 13.7 Å². The molecule has 1 aliphatic carbocycles. The molecule has 0 spiro atoms. The van der Waals surface area contributed by atoms with Crippen molar-refractivity contribution in [1.82, 2.24) is 5.32 Å². The summed E-state index contributed by atoms with van der Waals surface area (Å²) in [5.74, 6) is 0. The number of ether oxygens (including phenoxy) is 1. The second kappa shape index (κ2) is 5.10. The molecule has 0 heterocycles. The van der Waals surface area contributed by atoms with Gasteiger partial charge in [-0.05, 0) is 26.7 Å². The third-order valence-corrected chi connectivity index (χ3v) is 3.36. The monoisotopic (exact) mass is 201 g/mol. The van der Waals surface area contributed by atoms with Crippen LogP contribution >= 0.6 is 0 Å². The Morgan fingerprint density at radius 2 is 1.93 bits per heavy atom. The van der Waals surface area contributed by atoms with E-state index >= 15 is 0 Å². The summed E-state index contributed by atoms with van der Waals surface area (Å²) in [5, 5.41) is 13.4. The molecule has 2 unspecified atom stereocenters.